The van der Waals surface area contributed by atoms with Crippen LogP contribution in [0.1, 0.15) is 10.4 Å². The Bertz CT molecular complexity index is 582. The van der Waals surface area contributed by atoms with Crippen molar-refractivity contribution >= 4 is 5.78 Å². The van der Waals surface area contributed by atoms with Gasteiger partial charge in [-0.1, -0.05) is 36.4 Å². The van der Waals surface area contributed by atoms with E-state index in [1.54, 1.807) is 0 Å². The highest BCUT2D eigenvalue weighted by molar-refractivity contribution is 6.00. The van der Waals surface area contributed by atoms with E-state index in [4.69, 9.17) is 0 Å². The quantitative estimate of drug-likeness (QED) is 0.588. The van der Waals surface area contributed by atoms with Crippen LogP contribution in [0.3, 0.4) is 0 Å². The molecule has 2 aromatic carbocycles. The molecule has 5 heteroatoms. The number of halogens is 4. The highest BCUT2D eigenvalue weighted by Gasteiger charge is 2.39. The average molecular weight is 268 g/mol. The Balaban J connectivity index is 2.28. The van der Waals surface area contributed by atoms with Crippen molar-refractivity contribution < 1.29 is 22.4 Å². The van der Waals surface area contributed by atoms with Gasteiger partial charge in [0.2, 0.25) is 0 Å². The van der Waals surface area contributed by atoms with Crippen LogP contribution in [-0.2, 0) is 0 Å². The third kappa shape index (κ3) is 2.99. The molecule has 0 atom stereocenters. The van der Waals surface area contributed by atoms with Gasteiger partial charge in [0.05, 0.1) is 0 Å². The number of hydrogen-bond donors (Lipinski definition) is 0. The second-order valence-electron chi connectivity index (χ2n) is 3.91. The van der Waals surface area contributed by atoms with Gasteiger partial charge in [-0.05, 0) is 23.3 Å². The molecule has 0 aliphatic carbocycles. The molecule has 0 amide bonds. The van der Waals surface area contributed by atoms with Crippen LogP contribution in [0.2, 0.25) is 0 Å². The molecule has 0 radical (unpaired) electrons. The zero-order valence-electron chi connectivity index (χ0n) is 9.54. The van der Waals surface area contributed by atoms with Gasteiger partial charge in [0.1, 0.15) is 5.82 Å². The molecule has 19 heavy (non-hydrogen) atoms. The topological polar surface area (TPSA) is 17.1 Å². The number of alkyl halides is 3. The lowest BCUT2D eigenvalue weighted by Crippen LogP contribution is -2.22. The van der Waals surface area contributed by atoms with Crippen molar-refractivity contribution in [1.82, 2.24) is 0 Å². The van der Waals surface area contributed by atoms with E-state index in [0.29, 0.717) is 11.1 Å². The van der Waals surface area contributed by atoms with E-state index in [9.17, 15) is 22.4 Å². The molecule has 0 aliphatic rings. The van der Waals surface area contributed by atoms with E-state index in [0.717, 1.165) is 12.1 Å². The number of carbonyl (C=O) groups excluding carboxylic acids is 1. The second-order valence-corrected chi connectivity index (χ2v) is 3.91. The molecule has 0 spiro atoms. The molecule has 0 bridgehead atoms. The molecule has 0 heterocycles. The van der Waals surface area contributed by atoms with Gasteiger partial charge in [-0.2, -0.15) is 13.2 Å². The Morgan fingerprint density at radius 1 is 0.789 bits per heavy atom. The normalized spacial score (nSPS) is 11.4. The maximum Gasteiger partial charge on any atom is 0.454 e. The molecule has 0 fully saturated rings. The first kappa shape index (κ1) is 13.3. The molecular formula is C14H8F4O. The summed E-state index contributed by atoms with van der Waals surface area (Å²) in [6, 6.07) is 10.5. The summed E-state index contributed by atoms with van der Waals surface area (Å²) in [5.74, 6) is -2.27. The summed E-state index contributed by atoms with van der Waals surface area (Å²) in [7, 11) is 0. The summed E-state index contributed by atoms with van der Waals surface area (Å²) >= 11 is 0. The molecule has 2 rings (SSSR count). The standard InChI is InChI=1S/C14H8F4O/c15-12-7-5-10(6-8-12)9-1-3-11(4-2-9)13(19)14(16,17)18/h1-8H. The van der Waals surface area contributed by atoms with Gasteiger partial charge in [0.25, 0.3) is 5.78 Å². The maximum absolute atomic E-state index is 12.7. The number of ketones is 1. The molecule has 0 aliphatic heterocycles. The van der Waals surface area contributed by atoms with Gasteiger partial charge in [-0.25, -0.2) is 4.39 Å². The minimum Gasteiger partial charge on any atom is -0.284 e. The zero-order valence-corrected chi connectivity index (χ0v) is 9.54. The first-order valence-electron chi connectivity index (χ1n) is 5.35. The summed E-state index contributed by atoms with van der Waals surface area (Å²) < 4.78 is 49.4. The first-order valence-corrected chi connectivity index (χ1v) is 5.35. The third-order valence-electron chi connectivity index (χ3n) is 2.58. The molecule has 98 valence electrons. The van der Waals surface area contributed by atoms with Crippen molar-refractivity contribution in [1.29, 1.82) is 0 Å². The Morgan fingerprint density at radius 3 is 1.63 bits per heavy atom. The molecule has 1 nitrogen and oxygen atoms in total. The average Bonchev–Trinajstić information content (AvgIpc) is 2.38. The van der Waals surface area contributed by atoms with E-state index >= 15 is 0 Å². The fourth-order valence-electron chi connectivity index (χ4n) is 1.62. The Morgan fingerprint density at radius 2 is 1.21 bits per heavy atom. The molecule has 0 saturated heterocycles. The van der Waals surface area contributed by atoms with Crippen molar-refractivity contribution in [3.63, 3.8) is 0 Å². The lowest BCUT2D eigenvalue weighted by Gasteiger charge is -2.06. The summed E-state index contributed by atoms with van der Waals surface area (Å²) in [5, 5.41) is 0. The number of benzene rings is 2. The van der Waals surface area contributed by atoms with Crippen LogP contribution in [0.4, 0.5) is 17.6 Å². The molecule has 0 saturated carbocycles. The van der Waals surface area contributed by atoms with Crippen LogP contribution in [-0.4, -0.2) is 12.0 Å². The van der Waals surface area contributed by atoms with Gasteiger partial charge < -0.3 is 0 Å². The van der Waals surface area contributed by atoms with Crippen LogP contribution < -0.4 is 0 Å². The van der Waals surface area contributed by atoms with Crippen LogP contribution in [0.15, 0.2) is 48.5 Å². The second kappa shape index (κ2) is 4.84. The first-order chi connectivity index (χ1) is 8.88. The molecular weight excluding hydrogens is 260 g/mol. The monoisotopic (exact) mass is 268 g/mol. The van der Waals surface area contributed by atoms with Crippen molar-refractivity contribution in [2.45, 2.75) is 6.18 Å². The Hall–Kier alpha value is -2.17. The minimum absolute atomic E-state index is 0.396. The van der Waals surface area contributed by atoms with E-state index in [1.807, 2.05) is 0 Å². The fraction of sp³-hybridized carbons (Fsp3) is 0.0714. The summed E-state index contributed by atoms with van der Waals surface area (Å²) in [6.45, 7) is 0. The predicted molar refractivity (Wildman–Crippen MR) is 62.2 cm³/mol. The van der Waals surface area contributed by atoms with Crippen LogP contribution in [0.5, 0.6) is 0 Å². The van der Waals surface area contributed by atoms with E-state index in [1.165, 1.54) is 36.4 Å². The molecule has 0 N–H and O–H groups in total. The number of carbonyl (C=O) groups is 1. The van der Waals surface area contributed by atoms with Crippen LogP contribution >= 0.6 is 0 Å². The Kier molecular flexibility index (Phi) is 3.38. The van der Waals surface area contributed by atoms with Gasteiger partial charge in [-0.3, -0.25) is 4.79 Å². The highest BCUT2D eigenvalue weighted by atomic mass is 19.4. The lowest BCUT2D eigenvalue weighted by atomic mass is 10.0. The summed E-state index contributed by atoms with van der Waals surface area (Å²) in [6.07, 6.45) is -4.88. The van der Waals surface area contributed by atoms with Crippen molar-refractivity contribution in [2.75, 3.05) is 0 Å². The molecule has 2 aromatic rings. The van der Waals surface area contributed by atoms with Gasteiger partial charge in [0, 0.05) is 5.56 Å². The van der Waals surface area contributed by atoms with Crippen LogP contribution in [0.25, 0.3) is 11.1 Å². The largest absolute Gasteiger partial charge is 0.454 e. The van der Waals surface area contributed by atoms with E-state index in [-0.39, 0.29) is 0 Å². The smallest absolute Gasteiger partial charge is 0.284 e. The molecule has 0 unspecified atom stereocenters. The maximum atomic E-state index is 12.7. The van der Waals surface area contributed by atoms with Gasteiger partial charge in [-0.15, -0.1) is 0 Å². The zero-order chi connectivity index (χ0) is 14.0. The van der Waals surface area contributed by atoms with Crippen molar-refractivity contribution in [3.05, 3.63) is 59.9 Å². The van der Waals surface area contributed by atoms with E-state index in [2.05, 4.69) is 0 Å². The van der Waals surface area contributed by atoms with Crippen LogP contribution in [0, 0.1) is 5.82 Å². The lowest BCUT2D eigenvalue weighted by molar-refractivity contribution is -0.0885. The van der Waals surface area contributed by atoms with Crippen molar-refractivity contribution in [2.24, 2.45) is 0 Å². The summed E-state index contributed by atoms with van der Waals surface area (Å²) in [4.78, 5) is 11.0. The SMILES string of the molecule is O=C(c1ccc(-c2ccc(F)cc2)cc1)C(F)(F)F. The van der Waals surface area contributed by atoms with E-state index < -0.39 is 23.3 Å². The Labute approximate surface area is 106 Å². The summed E-state index contributed by atoms with van der Waals surface area (Å²) in [5.41, 5.74) is 0.851. The highest BCUT2D eigenvalue weighted by Crippen LogP contribution is 2.24. The number of rotatable bonds is 2. The number of hydrogen-bond acceptors (Lipinski definition) is 1. The van der Waals surface area contributed by atoms with Crippen molar-refractivity contribution in [3.8, 4) is 11.1 Å². The number of Topliss-reactive ketones (excluding diaryl/α,β-unsaturated/α-hetero) is 1. The minimum atomic E-state index is -4.88. The fourth-order valence-corrected chi connectivity index (χ4v) is 1.62. The molecule has 0 aromatic heterocycles. The van der Waals surface area contributed by atoms with Gasteiger partial charge in [0.15, 0.2) is 0 Å². The predicted octanol–water partition coefficient (Wildman–Crippen LogP) is 4.24. The van der Waals surface area contributed by atoms with Gasteiger partial charge >= 0.3 is 6.18 Å². The third-order valence-corrected chi connectivity index (χ3v) is 2.58.